The average Bonchev–Trinajstić information content (AvgIpc) is 2.95. The minimum atomic E-state index is -0.728. The van der Waals surface area contributed by atoms with E-state index in [1.807, 2.05) is 24.3 Å². The van der Waals surface area contributed by atoms with Crippen LogP contribution in [0.4, 0.5) is 4.79 Å². The van der Waals surface area contributed by atoms with Gasteiger partial charge in [0.2, 0.25) is 0 Å². The predicted octanol–water partition coefficient (Wildman–Crippen LogP) is 4.75. The van der Waals surface area contributed by atoms with E-state index in [0.29, 0.717) is 5.75 Å². The zero-order valence-electron chi connectivity index (χ0n) is 11.7. The van der Waals surface area contributed by atoms with Gasteiger partial charge in [-0.05, 0) is 12.1 Å². The van der Waals surface area contributed by atoms with Crippen molar-refractivity contribution in [3.8, 4) is 5.75 Å². The molecule has 0 atom stereocenters. The summed E-state index contributed by atoms with van der Waals surface area (Å²) in [6.45, 7) is 0. The molecule has 0 aliphatic heterocycles. The lowest BCUT2D eigenvalue weighted by molar-refractivity contribution is 0.122. The zero-order chi connectivity index (χ0) is 15.1. The second kappa shape index (κ2) is 4.96. The van der Waals surface area contributed by atoms with Gasteiger partial charge >= 0.3 is 6.16 Å². The van der Waals surface area contributed by atoms with E-state index < -0.39 is 6.16 Å². The summed E-state index contributed by atoms with van der Waals surface area (Å²) in [5.41, 5.74) is 0.789. The van der Waals surface area contributed by atoms with Gasteiger partial charge in [0, 0.05) is 33.1 Å². The maximum atomic E-state index is 11.5. The number of thiophene rings is 1. The summed E-state index contributed by atoms with van der Waals surface area (Å²) in [6.07, 6.45) is 0.999. The lowest BCUT2D eigenvalue weighted by Crippen LogP contribution is -2.07. The zero-order valence-corrected chi connectivity index (χ0v) is 12.5. The van der Waals surface area contributed by atoms with Crippen molar-refractivity contribution in [2.24, 2.45) is 0 Å². The minimum Gasteiger partial charge on any atom is -0.437 e. The van der Waals surface area contributed by atoms with E-state index in [1.165, 1.54) is 7.11 Å². The molecule has 0 aliphatic rings. The smallest absolute Gasteiger partial charge is 0.437 e. The van der Waals surface area contributed by atoms with Crippen LogP contribution in [0.3, 0.4) is 0 Å². The molecule has 0 N–H and O–H groups in total. The third-order valence-electron chi connectivity index (χ3n) is 3.55. The summed E-state index contributed by atoms with van der Waals surface area (Å²) >= 11 is 1.60. The SMILES string of the molecule is COC(=O)Oc1cc2ncccc2c2c1sc1ccccc12. The Labute approximate surface area is 129 Å². The average molecular weight is 309 g/mol. The molecule has 0 bridgehead atoms. The first-order valence-electron chi connectivity index (χ1n) is 6.72. The Morgan fingerprint density at radius 1 is 1.14 bits per heavy atom. The molecular formula is C17H11NO3S. The normalized spacial score (nSPS) is 11.1. The number of carbonyl (C=O) groups is 1. The second-order valence-electron chi connectivity index (χ2n) is 4.80. The summed E-state index contributed by atoms with van der Waals surface area (Å²) < 4.78 is 12.0. The molecule has 108 valence electrons. The van der Waals surface area contributed by atoms with Crippen LogP contribution in [0.25, 0.3) is 31.1 Å². The largest absolute Gasteiger partial charge is 0.513 e. The first-order valence-corrected chi connectivity index (χ1v) is 7.54. The fourth-order valence-electron chi connectivity index (χ4n) is 2.63. The number of methoxy groups -OCH3 is 1. The number of aromatic nitrogens is 1. The monoisotopic (exact) mass is 309 g/mol. The van der Waals surface area contributed by atoms with E-state index in [1.54, 1.807) is 23.6 Å². The fourth-order valence-corrected chi connectivity index (χ4v) is 3.80. The van der Waals surface area contributed by atoms with E-state index >= 15 is 0 Å². The van der Waals surface area contributed by atoms with Gasteiger partial charge in [-0.2, -0.15) is 0 Å². The molecular weight excluding hydrogens is 298 g/mol. The standard InChI is InChI=1S/C17H11NO3S/c1-20-17(19)21-13-9-12-10(6-4-8-18-12)15-11-5-2-3-7-14(11)22-16(13)15/h2-9H,1H3. The van der Waals surface area contributed by atoms with Crippen molar-refractivity contribution in [1.29, 1.82) is 0 Å². The summed E-state index contributed by atoms with van der Waals surface area (Å²) in [5, 5.41) is 3.24. The highest BCUT2D eigenvalue weighted by Crippen LogP contribution is 2.43. The van der Waals surface area contributed by atoms with Gasteiger partial charge in [-0.3, -0.25) is 4.98 Å². The van der Waals surface area contributed by atoms with Gasteiger partial charge in [-0.15, -0.1) is 11.3 Å². The molecule has 0 radical (unpaired) electrons. The number of nitrogens with zero attached hydrogens (tertiary/aromatic N) is 1. The van der Waals surface area contributed by atoms with E-state index in [2.05, 4.69) is 21.9 Å². The number of fused-ring (bicyclic) bond motifs is 5. The molecule has 0 spiro atoms. The Morgan fingerprint density at radius 2 is 1.95 bits per heavy atom. The quantitative estimate of drug-likeness (QED) is 0.376. The molecule has 0 amide bonds. The van der Waals surface area contributed by atoms with E-state index in [-0.39, 0.29) is 0 Å². The van der Waals surface area contributed by atoms with Crippen LogP contribution in [0, 0.1) is 0 Å². The fraction of sp³-hybridized carbons (Fsp3) is 0.0588. The van der Waals surface area contributed by atoms with Gasteiger partial charge in [0.1, 0.15) is 0 Å². The lowest BCUT2D eigenvalue weighted by atomic mass is 10.1. The number of pyridine rings is 1. The van der Waals surface area contributed by atoms with Crippen molar-refractivity contribution in [2.45, 2.75) is 0 Å². The number of ether oxygens (including phenoxy) is 2. The van der Waals surface area contributed by atoms with Gasteiger partial charge in [0.15, 0.2) is 5.75 Å². The van der Waals surface area contributed by atoms with Crippen molar-refractivity contribution in [3.63, 3.8) is 0 Å². The molecule has 0 saturated heterocycles. The maximum absolute atomic E-state index is 11.5. The van der Waals surface area contributed by atoms with Crippen LogP contribution in [-0.2, 0) is 4.74 Å². The highest BCUT2D eigenvalue weighted by Gasteiger charge is 2.16. The molecule has 0 saturated carbocycles. The Morgan fingerprint density at radius 3 is 2.82 bits per heavy atom. The van der Waals surface area contributed by atoms with Crippen LogP contribution in [0.2, 0.25) is 0 Å². The summed E-state index contributed by atoms with van der Waals surface area (Å²) in [4.78, 5) is 15.9. The molecule has 5 heteroatoms. The highest BCUT2D eigenvalue weighted by atomic mass is 32.1. The number of rotatable bonds is 1. The molecule has 0 aliphatic carbocycles. The van der Waals surface area contributed by atoms with Crippen molar-refractivity contribution in [2.75, 3.05) is 7.11 Å². The van der Waals surface area contributed by atoms with Crippen molar-refractivity contribution in [3.05, 3.63) is 48.7 Å². The molecule has 4 rings (SSSR count). The first-order chi connectivity index (χ1) is 10.8. The molecule has 4 nitrogen and oxygen atoms in total. The molecule has 4 aromatic rings. The molecule has 2 aromatic carbocycles. The van der Waals surface area contributed by atoms with Crippen molar-refractivity contribution < 1.29 is 14.3 Å². The first kappa shape index (κ1) is 13.0. The molecule has 2 aromatic heterocycles. The van der Waals surface area contributed by atoms with Gasteiger partial charge in [0.05, 0.1) is 17.3 Å². The summed E-state index contributed by atoms with van der Waals surface area (Å²) in [5.74, 6) is 0.481. The van der Waals surface area contributed by atoms with E-state index in [4.69, 9.17) is 4.74 Å². The van der Waals surface area contributed by atoms with Gasteiger partial charge < -0.3 is 9.47 Å². The van der Waals surface area contributed by atoms with Gasteiger partial charge in [-0.25, -0.2) is 4.79 Å². The Balaban J connectivity index is 2.16. The van der Waals surface area contributed by atoms with Crippen LogP contribution < -0.4 is 4.74 Å². The minimum absolute atomic E-state index is 0.481. The van der Waals surface area contributed by atoms with Crippen molar-refractivity contribution in [1.82, 2.24) is 4.98 Å². The van der Waals surface area contributed by atoms with Crippen LogP contribution in [0.5, 0.6) is 5.75 Å². The third-order valence-corrected chi connectivity index (χ3v) is 4.74. The van der Waals surface area contributed by atoms with Gasteiger partial charge in [0.25, 0.3) is 0 Å². The maximum Gasteiger partial charge on any atom is 0.513 e. The second-order valence-corrected chi connectivity index (χ2v) is 5.86. The summed E-state index contributed by atoms with van der Waals surface area (Å²) in [6, 6.07) is 13.9. The Bertz CT molecular complexity index is 1020. The van der Waals surface area contributed by atoms with Crippen LogP contribution in [0.15, 0.2) is 48.7 Å². The van der Waals surface area contributed by atoms with E-state index in [9.17, 15) is 4.79 Å². The highest BCUT2D eigenvalue weighted by molar-refractivity contribution is 7.26. The predicted molar refractivity (Wildman–Crippen MR) is 87.7 cm³/mol. The molecule has 0 fully saturated rings. The van der Waals surface area contributed by atoms with Crippen molar-refractivity contribution >= 4 is 48.6 Å². The molecule has 22 heavy (non-hydrogen) atoms. The number of hydrogen-bond acceptors (Lipinski definition) is 5. The van der Waals surface area contributed by atoms with Crippen LogP contribution in [-0.4, -0.2) is 18.2 Å². The number of carbonyl (C=O) groups excluding carboxylic acids is 1. The molecule has 2 heterocycles. The number of benzene rings is 2. The van der Waals surface area contributed by atoms with E-state index in [0.717, 1.165) is 31.1 Å². The topological polar surface area (TPSA) is 48.4 Å². The van der Waals surface area contributed by atoms with Gasteiger partial charge in [-0.1, -0.05) is 24.3 Å². The van der Waals surface area contributed by atoms with Crippen LogP contribution in [0.1, 0.15) is 0 Å². The lowest BCUT2D eigenvalue weighted by Gasteiger charge is -2.06. The molecule has 0 unspecified atom stereocenters. The third kappa shape index (κ3) is 1.90. The Hall–Kier alpha value is -2.66. The summed E-state index contributed by atoms with van der Waals surface area (Å²) in [7, 11) is 1.30. The van der Waals surface area contributed by atoms with Crippen LogP contribution >= 0.6 is 11.3 Å². The number of hydrogen-bond donors (Lipinski definition) is 0. The Kier molecular flexibility index (Phi) is 2.94.